The lowest BCUT2D eigenvalue weighted by atomic mass is 10.2. The molecule has 0 bridgehead atoms. The summed E-state index contributed by atoms with van der Waals surface area (Å²) >= 11 is 5.85. The Morgan fingerprint density at radius 2 is 2.16 bits per heavy atom. The molecule has 0 aliphatic heterocycles. The van der Waals surface area contributed by atoms with Crippen LogP contribution < -0.4 is 11.1 Å². The van der Waals surface area contributed by atoms with Crippen molar-refractivity contribution in [2.75, 3.05) is 11.1 Å². The lowest BCUT2D eigenvalue weighted by Crippen LogP contribution is -2.04. The highest BCUT2D eigenvalue weighted by Gasteiger charge is 2.09. The maximum absolute atomic E-state index is 12.9. The van der Waals surface area contributed by atoms with Gasteiger partial charge < -0.3 is 16.2 Å². The molecule has 1 heterocycles. The molecule has 0 unspecified atom stereocenters. The molecule has 0 aliphatic rings. The number of aromatic carboxylic acids is 1. The molecule has 0 atom stereocenters. The third kappa shape index (κ3) is 2.92. The average Bonchev–Trinajstić information content (AvgIpc) is 2.34. The average molecular weight is 282 g/mol. The van der Waals surface area contributed by atoms with Gasteiger partial charge in [-0.15, -0.1) is 0 Å². The maximum atomic E-state index is 12.9. The molecule has 0 aliphatic carbocycles. The number of carbonyl (C=O) groups is 1. The summed E-state index contributed by atoms with van der Waals surface area (Å²) in [5.41, 5.74) is 6.24. The number of nitrogens with two attached hydrogens (primary N) is 1. The van der Waals surface area contributed by atoms with E-state index in [4.69, 9.17) is 22.4 Å². The lowest BCUT2D eigenvalue weighted by Gasteiger charge is -2.10. The molecule has 0 amide bonds. The van der Waals surface area contributed by atoms with Gasteiger partial charge in [0.15, 0.2) is 5.82 Å². The number of pyridine rings is 1. The number of hydrogen-bond acceptors (Lipinski definition) is 4. The van der Waals surface area contributed by atoms with Gasteiger partial charge in [-0.1, -0.05) is 11.6 Å². The van der Waals surface area contributed by atoms with Crippen LogP contribution in [0.4, 0.5) is 21.6 Å². The molecule has 5 nitrogen and oxygen atoms in total. The summed E-state index contributed by atoms with van der Waals surface area (Å²) in [4.78, 5) is 14.6. The Bertz CT molecular complexity index is 649. The molecule has 2 aromatic rings. The predicted molar refractivity (Wildman–Crippen MR) is 70.3 cm³/mol. The topological polar surface area (TPSA) is 88.2 Å². The first-order valence-corrected chi connectivity index (χ1v) is 5.56. The monoisotopic (exact) mass is 281 g/mol. The Balaban J connectivity index is 2.31. The molecule has 0 saturated heterocycles. The van der Waals surface area contributed by atoms with Gasteiger partial charge in [0.25, 0.3) is 0 Å². The second-order valence-corrected chi connectivity index (χ2v) is 4.12. The summed E-state index contributed by atoms with van der Waals surface area (Å²) in [6.45, 7) is 0. The highest BCUT2D eigenvalue weighted by molar-refractivity contribution is 6.33. The van der Waals surface area contributed by atoms with Crippen LogP contribution >= 0.6 is 11.6 Å². The Hall–Kier alpha value is -2.34. The molecular formula is C12H9ClFN3O2. The van der Waals surface area contributed by atoms with Gasteiger partial charge in [-0.25, -0.2) is 14.2 Å². The second kappa shape index (κ2) is 5.11. The summed E-state index contributed by atoms with van der Waals surface area (Å²) in [7, 11) is 0. The second-order valence-electron chi connectivity index (χ2n) is 3.72. The minimum atomic E-state index is -1.12. The molecule has 0 radical (unpaired) electrons. The third-order valence-corrected chi connectivity index (χ3v) is 2.66. The molecular weight excluding hydrogens is 273 g/mol. The first-order valence-electron chi connectivity index (χ1n) is 5.18. The van der Waals surface area contributed by atoms with E-state index in [-0.39, 0.29) is 22.1 Å². The van der Waals surface area contributed by atoms with Crippen molar-refractivity contribution in [2.45, 2.75) is 0 Å². The zero-order chi connectivity index (χ0) is 14.0. The van der Waals surface area contributed by atoms with Gasteiger partial charge in [0.1, 0.15) is 5.82 Å². The van der Waals surface area contributed by atoms with Crippen molar-refractivity contribution in [1.29, 1.82) is 0 Å². The zero-order valence-electron chi connectivity index (χ0n) is 9.52. The van der Waals surface area contributed by atoms with Gasteiger partial charge >= 0.3 is 5.97 Å². The Labute approximate surface area is 112 Å². The number of carboxylic acids is 1. The molecule has 0 spiro atoms. The quantitative estimate of drug-likeness (QED) is 0.805. The van der Waals surface area contributed by atoms with Gasteiger partial charge in [-0.05, 0) is 24.3 Å². The van der Waals surface area contributed by atoms with Crippen molar-refractivity contribution in [2.24, 2.45) is 0 Å². The van der Waals surface area contributed by atoms with E-state index in [1.54, 1.807) is 0 Å². The number of benzene rings is 1. The number of hydrogen-bond donors (Lipinski definition) is 3. The van der Waals surface area contributed by atoms with E-state index in [9.17, 15) is 9.18 Å². The SMILES string of the molecule is Nc1cc(C(=O)O)cnc1Nc1ccc(F)cc1Cl. The molecule has 19 heavy (non-hydrogen) atoms. The number of nitrogen functional groups attached to an aromatic ring is 1. The van der Waals surface area contributed by atoms with E-state index in [1.165, 1.54) is 24.4 Å². The van der Waals surface area contributed by atoms with Crippen molar-refractivity contribution in [3.05, 3.63) is 46.9 Å². The number of halogens is 2. The van der Waals surface area contributed by atoms with Crippen LogP contribution in [0.15, 0.2) is 30.5 Å². The van der Waals surface area contributed by atoms with Crippen molar-refractivity contribution in [3.8, 4) is 0 Å². The maximum Gasteiger partial charge on any atom is 0.337 e. The lowest BCUT2D eigenvalue weighted by molar-refractivity contribution is 0.0696. The van der Waals surface area contributed by atoms with E-state index in [1.807, 2.05) is 0 Å². The smallest absolute Gasteiger partial charge is 0.337 e. The van der Waals surface area contributed by atoms with Crippen molar-refractivity contribution in [1.82, 2.24) is 4.98 Å². The van der Waals surface area contributed by atoms with E-state index < -0.39 is 11.8 Å². The fraction of sp³-hybridized carbons (Fsp3) is 0. The molecule has 1 aromatic heterocycles. The first kappa shape index (κ1) is 13.1. The van der Waals surface area contributed by atoms with E-state index in [0.717, 1.165) is 6.07 Å². The predicted octanol–water partition coefficient (Wildman–Crippen LogP) is 2.90. The molecule has 0 saturated carbocycles. The summed E-state index contributed by atoms with van der Waals surface area (Å²) < 4.78 is 12.9. The van der Waals surface area contributed by atoms with E-state index >= 15 is 0 Å². The summed E-state index contributed by atoms with van der Waals surface area (Å²) in [6.07, 6.45) is 1.17. The van der Waals surface area contributed by atoms with Crippen LogP contribution in [0.1, 0.15) is 10.4 Å². The van der Waals surface area contributed by atoms with Gasteiger partial charge in [0.2, 0.25) is 0 Å². The summed E-state index contributed by atoms with van der Waals surface area (Å²) in [6, 6.07) is 5.08. The molecule has 7 heteroatoms. The minimum Gasteiger partial charge on any atom is -0.478 e. The highest BCUT2D eigenvalue weighted by atomic mass is 35.5. The largest absolute Gasteiger partial charge is 0.478 e. The molecule has 1 aromatic carbocycles. The van der Waals surface area contributed by atoms with Crippen molar-refractivity contribution < 1.29 is 14.3 Å². The normalized spacial score (nSPS) is 10.2. The molecule has 4 N–H and O–H groups in total. The third-order valence-electron chi connectivity index (χ3n) is 2.35. The van der Waals surface area contributed by atoms with Gasteiger partial charge in [-0.2, -0.15) is 0 Å². The van der Waals surface area contributed by atoms with Crippen LogP contribution in [0.2, 0.25) is 5.02 Å². The Morgan fingerprint density at radius 1 is 1.42 bits per heavy atom. The van der Waals surface area contributed by atoms with Crippen molar-refractivity contribution in [3.63, 3.8) is 0 Å². The summed E-state index contributed by atoms with van der Waals surface area (Å²) in [5, 5.41) is 11.8. The number of aromatic nitrogens is 1. The molecule has 2 rings (SSSR count). The fourth-order valence-corrected chi connectivity index (χ4v) is 1.64. The van der Waals surface area contributed by atoms with Crippen LogP contribution in [0.5, 0.6) is 0 Å². The molecule has 98 valence electrons. The van der Waals surface area contributed by atoms with Crippen molar-refractivity contribution >= 4 is 34.8 Å². The van der Waals surface area contributed by atoms with E-state index in [2.05, 4.69) is 10.3 Å². The zero-order valence-corrected chi connectivity index (χ0v) is 10.3. The number of carboxylic acid groups (broad SMARTS) is 1. The number of anilines is 3. The fourth-order valence-electron chi connectivity index (χ4n) is 1.42. The Kier molecular flexibility index (Phi) is 3.52. The highest BCUT2D eigenvalue weighted by Crippen LogP contribution is 2.27. The van der Waals surface area contributed by atoms with Gasteiger partial charge in [0, 0.05) is 6.20 Å². The number of rotatable bonds is 3. The van der Waals surface area contributed by atoms with Gasteiger partial charge in [-0.3, -0.25) is 0 Å². The van der Waals surface area contributed by atoms with Crippen LogP contribution in [-0.2, 0) is 0 Å². The standard InChI is InChI=1S/C12H9ClFN3O2/c13-8-4-7(14)1-2-10(8)17-11-9(15)3-6(5-16-11)12(18)19/h1-5H,15H2,(H,16,17)(H,18,19). The number of nitrogens with one attached hydrogen (secondary N) is 1. The number of nitrogens with zero attached hydrogens (tertiary/aromatic N) is 1. The van der Waals surface area contributed by atoms with Crippen LogP contribution in [0.25, 0.3) is 0 Å². The van der Waals surface area contributed by atoms with Crippen LogP contribution in [-0.4, -0.2) is 16.1 Å². The first-order chi connectivity index (χ1) is 8.97. The summed E-state index contributed by atoms with van der Waals surface area (Å²) in [5.74, 6) is -1.33. The van der Waals surface area contributed by atoms with Crippen LogP contribution in [0.3, 0.4) is 0 Å². The van der Waals surface area contributed by atoms with Crippen LogP contribution in [0, 0.1) is 5.82 Å². The Morgan fingerprint density at radius 3 is 2.74 bits per heavy atom. The van der Waals surface area contributed by atoms with E-state index in [0.29, 0.717) is 5.69 Å². The molecule has 0 fully saturated rings. The van der Waals surface area contributed by atoms with Gasteiger partial charge in [0.05, 0.1) is 22.0 Å². The minimum absolute atomic E-state index is 0.0201.